The SMILES string of the molecule is CC[C@H](C)[C@@H]1NC(=O)[C@H](CCCNC(=N)N)NC(=O)[C@H]([C@@H](C)O)NC(=O)[C@H](CC(C)C)NC(=O)[C@H](C)NC(=O)[C@H](CO)NC(=O)[C@@H](NC(=O)[C@H](CCCNC(=N)N)NC(=O)[C@H](CCCNC(=N)N)NC(=O)[C@@H](NC(=O)[C@H](C)NC(=O)[C@H](CCCCN)NC(=O)[C@H](CO)NC(=O)[C@H](CO)NC(=O)[C@@H](N)CCC(N)=O)C(C)C)CSSC[C@@H](C(=O)N2CCC[C@H]2C(=O)O)NC(=O)[C@H](C(C)C)NC1=O. The number of guanidine groups is 3. The maximum absolute atomic E-state index is 15.2. The van der Waals surface area contributed by atoms with Crippen molar-refractivity contribution < 1.29 is 117 Å². The van der Waals surface area contributed by atoms with E-state index in [0.717, 1.165) is 40.3 Å². The Balaban J connectivity index is 2.90. The quantitative estimate of drug-likeness (QED) is 0.0116. The lowest BCUT2D eigenvalue weighted by Crippen LogP contribution is -2.63. The molecule has 0 saturated carbocycles. The fraction of sp³-hybridized carbons (Fsp3) is 0.728. The number of nitrogens with zero attached hydrogens (tertiary/aromatic N) is 1. The average molecular weight is 1970 g/mol. The molecule has 2 saturated heterocycles. The summed E-state index contributed by atoms with van der Waals surface area (Å²) in [7, 11) is 1.52. The number of carbonyl (C=O) groups excluding carboxylic acids is 18. The molecule has 18 amide bonds. The first-order valence-electron chi connectivity index (χ1n) is 45.0. The molecule has 0 aromatic carbocycles. The molecule has 0 bridgehead atoms. The highest BCUT2D eigenvalue weighted by Crippen LogP contribution is 2.27. The van der Waals surface area contributed by atoms with Crippen molar-refractivity contribution >= 4 is 152 Å². The van der Waals surface area contributed by atoms with E-state index in [1.807, 2.05) is 0 Å². The van der Waals surface area contributed by atoms with Gasteiger partial charge in [0.1, 0.15) is 103 Å². The van der Waals surface area contributed by atoms with Crippen LogP contribution in [0.1, 0.15) is 172 Å². The number of aliphatic hydroxyl groups is 4. The molecule has 0 aliphatic carbocycles. The molecule has 55 heteroatoms. The zero-order valence-corrected chi connectivity index (χ0v) is 80.3. The number of unbranched alkanes of at least 4 members (excludes halogenated alkanes) is 1. The van der Waals surface area contributed by atoms with Crippen LogP contribution in [0.5, 0.6) is 0 Å². The molecule has 2 aliphatic rings. The molecule has 20 atom stereocenters. The number of carboxylic acid groups (broad SMARTS) is 1. The molecule has 770 valence electrons. The minimum atomic E-state index is -1.99. The smallest absolute Gasteiger partial charge is 0.326 e. The molecule has 0 aromatic heterocycles. The number of nitrogens with two attached hydrogens (primary N) is 6. The Morgan fingerprint density at radius 3 is 1.47 bits per heavy atom. The van der Waals surface area contributed by atoms with E-state index >= 15 is 14.4 Å². The topological polar surface area (TPSA) is 885 Å². The van der Waals surface area contributed by atoms with E-state index in [9.17, 15) is 102 Å². The molecule has 0 unspecified atom stereocenters. The van der Waals surface area contributed by atoms with E-state index in [-0.39, 0.29) is 129 Å². The summed E-state index contributed by atoms with van der Waals surface area (Å²) in [4.78, 5) is 269. The van der Waals surface area contributed by atoms with Gasteiger partial charge in [0.2, 0.25) is 106 Å². The number of nitrogens with one attached hydrogen (secondary N) is 22. The first-order valence-corrected chi connectivity index (χ1v) is 47.5. The third-order valence-electron chi connectivity index (χ3n) is 21.7. The standard InChI is InChI=1S/C81H145N29O24S2/c1-12-40(8)59-75(130)107-58(39(6)7)74(129)105-54(77(132)110-30-18-23-55(110)78(133)134)36-136-135-35-53(72(127)103-50(32-111)69(124)95-41(9)61(116)100-49(31-37(2)3)68(123)109-60(43(11)114)76(131)99-48(67(122)108-59)22-17-29-93-81(89)90)104-66(121)46(20-15-27-91-79(85)86)96-65(120)47(21-16-28-92-80(87)88)98-73(128)57(38(4)5)106-62(117)42(10)94-64(119)45(19-13-14-26-82)97-70(125)52(34-113)102-71(126)51(33-112)101-63(118)44(83)24-25-56(84)115/h37-55,57-60,111-114H,12-36,82-83H2,1-11H3,(H2,84,115)(H,94,119)(H,95,124)(H,96,120)(H,97,125)(H,98,128)(H,99,131)(H,100,116)(H,101,118)(H,102,126)(H,103,127)(H,104,121)(H,105,129)(H,106,117)(H,107,130)(H,108,122)(H,109,123)(H,133,134)(H4,85,86,91)(H4,87,88,92)(H4,89,90,93)/t40-,41-,42-,43+,44-,45-,46-,47-,48-,49-,50-,51-,52-,53-,54-,55-,57-,58-,59-,60-/m0/s1. The van der Waals surface area contributed by atoms with Gasteiger partial charge >= 0.3 is 5.97 Å². The molecule has 2 aliphatic heterocycles. The minimum Gasteiger partial charge on any atom is -0.480 e. The number of hydrogen-bond acceptors (Lipinski definition) is 30. The highest BCUT2D eigenvalue weighted by Gasteiger charge is 2.43. The Morgan fingerprint density at radius 1 is 0.500 bits per heavy atom. The van der Waals surface area contributed by atoms with Crippen LogP contribution in [-0.2, 0) is 91.1 Å². The van der Waals surface area contributed by atoms with Gasteiger partial charge in [0.15, 0.2) is 17.9 Å². The fourth-order valence-electron chi connectivity index (χ4n) is 13.6. The van der Waals surface area contributed by atoms with Crippen LogP contribution in [0.4, 0.5) is 0 Å². The van der Waals surface area contributed by atoms with Gasteiger partial charge in [0.25, 0.3) is 0 Å². The first-order chi connectivity index (χ1) is 63.9. The first kappa shape index (κ1) is 120. The van der Waals surface area contributed by atoms with Gasteiger partial charge in [-0.2, -0.15) is 0 Å². The van der Waals surface area contributed by atoms with Gasteiger partial charge in [0, 0.05) is 44.1 Å². The number of aliphatic hydroxyl groups excluding tert-OH is 4. The summed E-state index contributed by atoms with van der Waals surface area (Å²) in [6.07, 6.45) is -2.57. The van der Waals surface area contributed by atoms with E-state index < -0.39 is 294 Å². The second-order valence-corrected chi connectivity index (χ2v) is 36.8. The van der Waals surface area contributed by atoms with Gasteiger partial charge in [-0.15, -0.1) is 0 Å². The van der Waals surface area contributed by atoms with Crippen LogP contribution in [0.25, 0.3) is 0 Å². The van der Waals surface area contributed by atoms with Crippen LogP contribution in [0, 0.1) is 39.9 Å². The van der Waals surface area contributed by atoms with Crippen LogP contribution in [-0.4, -0.2) is 340 Å². The van der Waals surface area contributed by atoms with Gasteiger partial charge < -0.3 is 166 Å². The van der Waals surface area contributed by atoms with Gasteiger partial charge in [-0.05, 0) is 134 Å². The predicted molar refractivity (Wildman–Crippen MR) is 498 cm³/mol. The number of carbonyl (C=O) groups is 19. The summed E-state index contributed by atoms with van der Waals surface area (Å²) >= 11 is 0. The molecule has 0 radical (unpaired) electrons. The van der Waals surface area contributed by atoms with Crippen LogP contribution < -0.4 is 135 Å². The van der Waals surface area contributed by atoms with E-state index in [4.69, 9.17) is 50.6 Å². The van der Waals surface area contributed by atoms with E-state index in [1.165, 1.54) is 34.6 Å². The maximum Gasteiger partial charge on any atom is 0.326 e. The van der Waals surface area contributed by atoms with Crippen LogP contribution >= 0.6 is 21.6 Å². The van der Waals surface area contributed by atoms with Crippen molar-refractivity contribution in [3.05, 3.63) is 0 Å². The Kier molecular flexibility index (Phi) is 54.9. The third kappa shape index (κ3) is 43.0. The van der Waals surface area contributed by atoms with Crippen molar-refractivity contribution in [2.45, 2.75) is 287 Å². The van der Waals surface area contributed by atoms with Crippen LogP contribution in [0.15, 0.2) is 0 Å². The van der Waals surface area contributed by atoms with Gasteiger partial charge in [0.05, 0.1) is 32.0 Å². The summed E-state index contributed by atoms with van der Waals surface area (Å²) in [5, 5.41) is 123. The number of rotatable bonds is 47. The monoisotopic (exact) mass is 1970 g/mol. The summed E-state index contributed by atoms with van der Waals surface area (Å²) in [6.45, 7) is 12.7. The Morgan fingerprint density at radius 2 is 0.963 bits per heavy atom. The van der Waals surface area contributed by atoms with Crippen LogP contribution in [0.2, 0.25) is 0 Å². The lowest BCUT2D eigenvalue weighted by atomic mass is 9.95. The number of carboxylic acids is 1. The van der Waals surface area contributed by atoms with E-state index in [2.05, 4.69) is 101 Å². The molecule has 136 heavy (non-hydrogen) atoms. The fourth-order valence-corrected chi connectivity index (χ4v) is 16.0. The summed E-state index contributed by atoms with van der Waals surface area (Å²) in [5.74, 6) is -25.5. The second-order valence-electron chi connectivity index (χ2n) is 34.2. The highest BCUT2D eigenvalue weighted by atomic mass is 33.1. The largest absolute Gasteiger partial charge is 0.480 e. The lowest BCUT2D eigenvalue weighted by Gasteiger charge is -2.31. The summed E-state index contributed by atoms with van der Waals surface area (Å²) in [5.41, 5.74) is 33.3. The number of likely N-dealkylation sites (tertiary alicyclic amines) is 1. The zero-order chi connectivity index (χ0) is 103. The van der Waals surface area contributed by atoms with Gasteiger partial charge in [-0.3, -0.25) is 103 Å². The zero-order valence-electron chi connectivity index (χ0n) is 78.7. The van der Waals surface area contributed by atoms with Crippen molar-refractivity contribution in [3.8, 4) is 0 Å². The van der Waals surface area contributed by atoms with Gasteiger partial charge in [-0.1, -0.05) is 83.4 Å². The second kappa shape index (κ2) is 62.0. The molecule has 2 rings (SSSR count). The van der Waals surface area contributed by atoms with Crippen molar-refractivity contribution in [2.75, 3.05) is 64.1 Å². The predicted octanol–water partition coefficient (Wildman–Crippen LogP) is -11.5. The van der Waals surface area contributed by atoms with Crippen molar-refractivity contribution in [2.24, 2.45) is 58.1 Å². The summed E-state index contributed by atoms with van der Waals surface area (Å²) < 4.78 is 0. The molecule has 0 aromatic rings. The molecule has 53 nitrogen and oxygen atoms in total. The normalized spacial score (nSPS) is 22.1. The number of aliphatic carboxylic acids is 1. The van der Waals surface area contributed by atoms with Crippen molar-refractivity contribution in [3.63, 3.8) is 0 Å². The molecule has 2 heterocycles. The van der Waals surface area contributed by atoms with E-state index in [1.54, 1.807) is 27.7 Å². The Hall–Kier alpha value is -11.8. The van der Waals surface area contributed by atoms with E-state index in [0.29, 0.717) is 6.42 Å². The average Bonchev–Trinajstić information content (AvgIpc) is 1.77. The number of primary amides is 1. The molecule has 0 spiro atoms. The van der Waals surface area contributed by atoms with Crippen molar-refractivity contribution in [1.82, 2.24) is 106 Å². The maximum atomic E-state index is 15.2. The Labute approximate surface area is 796 Å². The molecular formula is C81H145N29O24S2. The molecule has 39 N–H and O–H groups in total. The summed E-state index contributed by atoms with van der Waals surface area (Å²) in [6, 6.07) is -29.4. The Bertz CT molecular complexity index is 4080. The van der Waals surface area contributed by atoms with Crippen molar-refractivity contribution in [1.29, 1.82) is 16.2 Å². The molecule has 2 fully saturated rings. The third-order valence-corrected chi connectivity index (χ3v) is 24.2. The van der Waals surface area contributed by atoms with Crippen LogP contribution in [0.3, 0.4) is 0 Å². The number of amides is 18. The molecular weight excluding hydrogens is 1830 g/mol. The minimum absolute atomic E-state index is 0.00528. The lowest BCUT2D eigenvalue weighted by molar-refractivity contribution is -0.149. The highest BCUT2D eigenvalue weighted by molar-refractivity contribution is 8.76. The number of hydrogen-bond donors (Lipinski definition) is 33. The van der Waals surface area contributed by atoms with Gasteiger partial charge in [-0.25, -0.2) is 4.79 Å².